The normalized spacial score (nSPS) is 13.8. The molecule has 1 heterocycles. The van der Waals surface area contributed by atoms with E-state index in [0.717, 1.165) is 24.5 Å². The van der Waals surface area contributed by atoms with E-state index in [9.17, 15) is 9.59 Å². The molecule has 0 bridgehead atoms. The van der Waals surface area contributed by atoms with Crippen molar-refractivity contribution in [1.82, 2.24) is 4.90 Å². The highest BCUT2D eigenvalue weighted by atomic mass is 35.5. The Bertz CT molecular complexity index is 967. The molecular weight excluding hydrogens is 426 g/mol. The first kappa shape index (κ1) is 23.8. The maximum absolute atomic E-state index is 13.2. The quantitative estimate of drug-likeness (QED) is 0.389. The largest absolute Gasteiger partial charge is 0.382 e. The molecular formula is C25H30ClN3O3. The van der Waals surface area contributed by atoms with Crippen molar-refractivity contribution in [3.05, 3.63) is 64.8 Å². The smallest absolute Gasteiger partial charge is 0.278 e. The van der Waals surface area contributed by atoms with Crippen molar-refractivity contribution >= 4 is 40.4 Å². The number of hydrogen-bond donors (Lipinski definition) is 1. The lowest BCUT2D eigenvalue weighted by Crippen LogP contribution is -2.34. The third-order valence-corrected chi connectivity index (χ3v) is 5.69. The Morgan fingerprint density at radius 3 is 2.19 bits per heavy atom. The number of nitrogens with zero attached hydrogens (tertiary/aromatic N) is 2. The molecule has 0 unspecified atom stereocenters. The van der Waals surface area contributed by atoms with Crippen molar-refractivity contribution in [1.29, 1.82) is 0 Å². The number of anilines is 2. The molecule has 0 aliphatic carbocycles. The Morgan fingerprint density at radius 1 is 0.938 bits per heavy atom. The summed E-state index contributed by atoms with van der Waals surface area (Å²) in [4.78, 5) is 30.0. The van der Waals surface area contributed by atoms with E-state index >= 15 is 0 Å². The van der Waals surface area contributed by atoms with Gasteiger partial charge in [0.05, 0.1) is 5.57 Å². The van der Waals surface area contributed by atoms with Gasteiger partial charge >= 0.3 is 0 Å². The molecule has 0 saturated carbocycles. The van der Waals surface area contributed by atoms with Gasteiger partial charge in [-0.15, -0.1) is 0 Å². The van der Waals surface area contributed by atoms with Crippen LogP contribution in [0, 0.1) is 0 Å². The van der Waals surface area contributed by atoms with Crippen molar-refractivity contribution in [3.8, 4) is 0 Å². The summed E-state index contributed by atoms with van der Waals surface area (Å²) in [7, 11) is 0. The maximum Gasteiger partial charge on any atom is 0.278 e. The SMILES string of the molecule is CCOCCCN1C(=O)C(Nc2ccc(N(CC)CC)cc2)=C(c2ccc(Cl)cc2)C1=O. The van der Waals surface area contributed by atoms with E-state index in [1.54, 1.807) is 24.3 Å². The van der Waals surface area contributed by atoms with Gasteiger partial charge in [-0.3, -0.25) is 14.5 Å². The van der Waals surface area contributed by atoms with Crippen LogP contribution in [0.1, 0.15) is 32.8 Å². The highest BCUT2D eigenvalue weighted by molar-refractivity contribution is 6.36. The minimum atomic E-state index is -0.329. The summed E-state index contributed by atoms with van der Waals surface area (Å²) in [5.41, 5.74) is 3.15. The van der Waals surface area contributed by atoms with Crippen LogP contribution in [0.5, 0.6) is 0 Å². The Morgan fingerprint density at radius 2 is 1.59 bits per heavy atom. The second-order valence-electron chi connectivity index (χ2n) is 7.41. The van der Waals surface area contributed by atoms with E-state index in [-0.39, 0.29) is 17.5 Å². The summed E-state index contributed by atoms with van der Waals surface area (Å²) in [5, 5.41) is 3.77. The van der Waals surface area contributed by atoms with E-state index in [2.05, 4.69) is 24.1 Å². The number of ether oxygens (including phenoxy) is 1. The molecule has 0 atom stereocenters. The van der Waals surface area contributed by atoms with E-state index in [1.165, 1.54) is 4.90 Å². The molecule has 2 aromatic carbocycles. The first-order valence-corrected chi connectivity index (χ1v) is 11.4. The van der Waals surface area contributed by atoms with Gasteiger partial charge in [0.25, 0.3) is 11.8 Å². The predicted octanol–water partition coefficient (Wildman–Crippen LogP) is 4.80. The zero-order valence-corrected chi connectivity index (χ0v) is 19.6. The zero-order valence-electron chi connectivity index (χ0n) is 18.9. The molecule has 3 rings (SSSR count). The van der Waals surface area contributed by atoms with Gasteiger partial charge in [0, 0.05) is 49.2 Å². The summed E-state index contributed by atoms with van der Waals surface area (Å²) < 4.78 is 5.36. The fourth-order valence-corrected chi connectivity index (χ4v) is 3.86. The Labute approximate surface area is 194 Å². The third kappa shape index (κ3) is 5.31. The number of benzene rings is 2. The maximum atomic E-state index is 13.2. The third-order valence-electron chi connectivity index (χ3n) is 5.44. The number of imide groups is 1. The lowest BCUT2D eigenvalue weighted by Gasteiger charge is -2.21. The van der Waals surface area contributed by atoms with Gasteiger partial charge in [0.15, 0.2) is 0 Å². The van der Waals surface area contributed by atoms with Crippen LogP contribution in [-0.2, 0) is 14.3 Å². The van der Waals surface area contributed by atoms with Crippen LogP contribution in [0.4, 0.5) is 11.4 Å². The Hall–Kier alpha value is -2.83. The van der Waals surface area contributed by atoms with Crippen molar-refractivity contribution in [3.63, 3.8) is 0 Å². The molecule has 0 fully saturated rings. The van der Waals surface area contributed by atoms with Gasteiger partial charge in [-0.25, -0.2) is 0 Å². The standard InChI is InChI=1S/C25H30ClN3O3/c1-4-28(5-2)21-14-12-20(13-15-21)27-23-22(18-8-10-19(26)11-9-18)24(30)29(25(23)31)16-7-17-32-6-3/h8-15,27H,4-7,16-17H2,1-3H3. The topological polar surface area (TPSA) is 61.9 Å². The van der Waals surface area contributed by atoms with Crippen LogP contribution in [-0.4, -0.2) is 49.6 Å². The highest BCUT2D eigenvalue weighted by Gasteiger charge is 2.38. The van der Waals surface area contributed by atoms with E-state index in [1.807, 2.05) is 31.2 Å². The van der Waals surface area contributed by atoms with Gasteiger partial charge in [-0.2, -0.15) is 0 Å². The molecule has 1 aliphatic rings. The number of carbonyl (C=O) groups excluding carboxylic acids is 2. The summed E-state index contributed by atoms with van der Waals surface area (Å²) in [6.45, 7) is 9.38. The fourth-order valence-electron chi connectivity index (χ4n) is 3.74. The molecule has 1 aliphatic heterocycles. The molecule has 2 amide bonds. The number of halogens is 1. The number of nitrogens with one attached hydrogen (secondary N) is 1. The van der Waals surface area contributed by atoms with Gasteiger partial charge < -0.3 is 15.0 Å². The molecule has 1 N–H and O–H groups in total. The van der Waals surface area contributed by atoms with Gasteiger partial charge in [0.1, 0.15) is 5.70 Å². The monoisotopic (exact) mass is 455 g/mol. The van der Waals surface area contributed by atoms with Gasteiger partial charge in [-0.1, -0.05) is 23.7 Å². The molecule has 0 spiro atoms. The van der Waals surface area contributed by atoms with Crippen LogP contribution < -0.4 is 10.2 Å². The highest BCUT2D eigenvalue weighted by Crippen LogP contribution is 2.31. The van der Waals surface area contributed by atoms with Gasteiger partial charge in [-0.05, 0) is 69.2 Å². The lowest BCUT2D eigenvalue weighted by atomic mass is 10.0. The summed E-state index contributed by atoms with van der Waals surface area (Å²) in [6, 6.07) is 14.8. The second kappa shape index (κ2) is 11.2. The average Bonchev–Trinajstić information content (AvgIpc) is 3.03. The molecule has 6 nitrogen and oxygen atoms in total. The van der Waals surface area contributed by atoms with Crippen LogP contribution in [0.25, 0.3) is 5.57 Å². The Balaban J connectivity index is 1.89. The number of hydrogen-bond acceptors (Lipinski definition) is 5. The van der Waals surface area contributed by atoms with Crippen LogP contribution in [0.2, 0.25) is 5.02 Å². The van der Waals surface area contributed by atoms with Crippen molar-refractivity contribution in [2.75, 3.05) is 43.1 Å². The lowest BCUT2D eigenvalue weighted by molar-refractivity contribution is -0.137. The molecule has 0 saturated heterocycles. The van der Waals surface area contributed by atoms with E-state index in [4.69, 9.17) is 16.3 Å². The van der Waals surface area contributed by atoms with Crippen molar-refractivity contribution < 1.29 is 14.3 Å². The van der Waals surface area contributed by atoms with E-state index < -0.39 is 0 Å². The number of carbonyl (C=O) groups is 2. The van der Waals surface area contributed by atoms with Crippen molar-refractivity contribution in [2.45, 2.75) is 27.2 Å². The minimum Gasteiger partial charge on any atom is -0.382 e. The second-order valence-corrected chi connectivity index (χ2v) is 7.85. The van der Waals surface area contributed by atoms with E-state index in [0.29, 0.717) is 42.3 Å². The summed E-state index contributed by atoms with van der Waals surface area (Å²) in [5.74, 6) is -0.639. The molecule has 0 radical (unpaired) electrons. The first-order valence-electron chi connectivity index (χ1n) is 11.1. The molecule has 2 aromatic rings. The fraction of sp³-hybridized carbons (Fsp3) is 0.360. The molecule has 7 heteroatoms. The van der Waals surface area contributed by atoms with Crippen molar-refractivity contribution in [2.24, 2.45) is 0 Å². The Kier molecular flexibility index (Phi) is 8.31. The molecule has 0 aromatic heterocycles. The van der Waals surface area contributed by atoms with Crippen LogP contribution in [0.15, 0.2) is 54.2 Å². The average molecular weight is 456 g/mol. The van der Waals surface area contributed by atoms with Gasteiger partial charge in [0.2, 0.25) is 0 Å². The number of rotatable bonds is 11. The molecule has 170 valence electrons. The number of amides is 2. The van der Waals surface area contributed by atoms with Crippen LogP contribution >= 0.6 is 11.6 Å². The van der Waals surface area contributed by atoms with Crippen LogP contribution in [0.3, 0.4) is 0 Å². The zero-order chi connectivity index (χ0) is 23.1. The summed E-state index contributed by atoms with van der Waals surface area (Å²) in [6.07, 6.45) is 0.588. The summed E-state index contributed by atoms with van der Waals surface area (Å²) >= 11 is 6.03. The molecule has 32 heavy (non-hydrogen) atoms. The minimum absolute atomic E-state index is 0.282. The predicted molar refractivity (Wildman–Crippen MR) is 130 cm³/mol. The first-order chi connectivity index (χ1) is 15.5.